The summed E-state index contributed by atoms with van der Waals surface area (Å²) in [5.74, 6) is -0.0961. The molecule has 1 spiro atoms. The van der Waals surface area contributed by atoms with Gasteiger partial charge in [-0.15, -0.1) is 0 Å². The number of hydrogen-bond acceptors (Lipinski definition) is 6. The first-order valence-corrected chi connectivity index (χ1v) is 8.85. The van der Waals surface area contributed by atoms with Crippen molar-refractivity contribution in [3.05, 3.63) is 53.9 Å². The van der Waals surface area contributed by atoms with Gasteiger partial charge in [0.05, 0.1) is 32.0 Å². The third-order valence-corrected chi connectivity index (χ3v) is 4.89. The lowest BCUT2D eigenvalue weighted by Crippen LogP contribution is -2.67. The van der Waals surface area contributed by atoms with Crippen LogP contribution in [0, 0.1) is 6.92 Å². The van der Waals surface area contributed by atoms with E-state index < -0.39 is 0 Å². The number of carbonyl (C=O) groups excluding carboxylic acids is 1. The predicted octanol–water partition coefficient (Wildman–Crippen LogP) is 1.77. The van der Waals surface area contributed by atoms with Gasteiger partial charge in [0.2, 0.25) is 0 Å². The maximum atomic E-state index is 12.4. The number of ether oxygens (including phenoxy) is 2. The molecule has 2 aromatic heterocycles. The molecule has 2 saturated heterocycles. The summed E-state index contributed by atoms with van der Waals surface area (Å²) in [5.41, 5.74) is 2.30. The van der Waals surface area contributed by atoms with Crippen LogP contribution < -0.4 is 0 Å². The number of aromatic nitrogens is 3. The van der Waals surface area contributed by atoms with Crippen LogP contribution in [-0.2, 0) is 16.1 Å². The average Bonchev–Trinajstić information content (AvgIpc) is 2.65. The van der Waals surface area contributed by atoms with Gasteiger partial charge >= 0.3 is 0 Å². The second-order valence-electron chi connectivity index (χ2n) is 7.08. The molecule has 4 heterocycles. The van der Waals surface area contributed by atoms with Crippen LogP contribution in [0.2, 0.25) is 0 Å². The van der Waals surface area contributed by atoms with Crippen LogP contribution in [-0.4, -0.2) is 57.2 Å². The van der Waals surface area contributed by atoms with Crippen molar-refractivity contribution in [2.75, 3.05) is 19.7 Å². The number of carbonyl (C=O) groups is 1. The van der Waals surface area contributed by atoms with E-state index in [1.807, 2.05) is 19.3 Å². The van der Waals surface area contributed by atoms with Crippen LogP contribution in [0.4, 0.5) is 0 Å². The molecule has 0 saturated carbocycles. The van der Waals surface area contributed by atoms with E-state index in [0.717, 1.165) is 24.0 Å². The highest BCUT2D eigenvalue weighted by Gasteiger charge is 2.49. The van der Waals surface area contributed by atoms with Crippen LogP contribution in [0.1, 0.15) is 34.5 Å². The SMILES string of the molecule is Cc1cncc(CO[C@H]2CCOC3(C2)CN(C(=O)c2cnccn2)C3)c1. The van der Waals surface area contributed by atoms with Crippen molar-refractivity contribution in [1.29, 1.82) is 0 Å². The number of hydrogen-bond donors (Lipinski definition) is 0. The normalized spacial score (nSPS) is 21.4. The highest BCUT2D eigenvalue weighted by molar-refractivity contribution is 5.92. The molecule has 2 aliphatic heterocycles. The summed E-state index contributed by atoms with van der Waals surface area (Å²) in [6.07, 6.45) is 10.1. The number of amides is 1. The van der Waals surface area contributed by atoms with E-state index in [4.69, 9.17) is 9.47 Å². The highest BCUT2D eigenvalue weighted by atomic mass is 16.5. The maximum Gasteiger partial charge on any atom is 0.274 e. The monoisotopic (exact) mass is 354 g/mol. The molecular formula is C19H22N4O3. The van der Waals surface area contributed by atoms with Gasteiger partial charge in [0.1, 0.15) is 11.3 Å². The fraction of sp³-hybridized carbons (Fsp3) is 0.474. The predicted molar refractivity (Wildman–Crippen MR) is 93.4 cm³/mol. The van der Waals surface area contributed by atoms with Crippen molar-refractivity contribution in [2.24, 2.45) is 0 Å². The lowest BCUT2D eigenvalue weighted by Gasteiger charge is -2.52. The van der Waals surface area contributed by atoms with Crippen LogP contribution in [0.15, 0.2) is 37.1 Å². The molecule has 0 N–H and O–H groups in total. The molecule has 7 nitrogen and oxygen atoms in total. The highest BCUT2D eigenvalue weighted by Crippen LogP contribution is 2.36. The van der Waals surface area contributed by atoms with Crippen LogP contribution in [0.3, 0.4) is 0 Å². The Labute approximate surface area is 152 Å². The van der Waals surface area contributed by atoms with E-state index in [1.165, 1.54) is 12.4 Å². The molecule has 4 rings (SSSR count). The van der Waals surface area contributed by atoms with Crippen molar-refractivity contribution in [1.82, 2.24) is 19.9 Å². The van der Waals surface area contributed by atoms with Gasteiger partial charge in [-0.05, 0) is 24.5 Å². The molecule has 136 valence electrons. The van der Waals surface area contributed by atoms with Gasteiger partial charge in [-0.25, -0.2) is 4.98 Å². The van der Waals surface area contributed by atoms with E-state index in [-0.39, 0.29) is 17.6 Å². The molecule has 2 fully saturated rings. The number of nitrogens with zero attached hydrogens (tertiary/aromatic N) is 4. The number of pyridine rings is 1. The zero-order valence-electron chi connectivity index (χ0n) is 14.8. The van der Waals surface area contributed by atoms with Gasteiger partial charge in [-0.2, -0.15) is 0 Å². The Morgan fingerprint density at radius 1 is 1.31 bits per heavy atom. The van der Waals surface area contributed by atoms with Crippen LogP contribution in [0.25, 0.3) is 0 Å². The second kappa shape index (κ2) is 7.09. The topological polar surface area (TPSA) is 77.4 Å². The van der Waals surface area contributed by atoms with E-state index in [2.05, 4.69) is 21.0 Å². The fourth-order valence-corrected chi connectivity index (χ4v) is 3.62. The van der Waals surface area contributed by atoms with E-state index >= 15 is 0 Å². The van der Waals surface area contributed by atoms with Gasteiger partial charge < -0.3 is 14.4 Å². The number of likely N-dealkylation sites (tertiary alicyclic amines) is 1. The Balaban J connectivity index is 1.31. The van der Waals surface area contributed by atoms with Gasteiger partial charge in [0.15, 0.2) is 0 Å². The molecular weight excluding hydrogens is 332 g/mol. The minimum absolute atomic E-state index is 0.0961. The van der Waals surface area contributed by atoms with Crippen molar-refractivity contribution < 1.29 is 14.3 Å². The molecule has 0 bridgehead atoms. The summed E-state index contributed by atoms with van der Waals surface area (Å²) in [7, 11) is 0. The molecule has 0 unspecified atom stereocenters. The first-order chi connectivity index (χ1) is 12.6. The van der Waals surface area contributed by atoms with E-state index in [1.54, 1.807) is 11.1 Å². The Morgan fingerprint density at radius 3 is 2.96 bits per heavy atom. The Hall–Kier alpha value is -2.38. The second-order valence-corrected chi connectivity index (χ2v) is 7.08. The minimum Gasteiger partial charge on any atom is -0.373 e. The molecule has 2 aromatic rings. The zero-order chi connectivity index (χ0) is 18.0. The first-order valence-electron chi connectivity index (χ1n) is 8.85. The van der Waals surface area contributed by atoms with Crippen LogP contribution in [0.5, 0.6) is 0 Å². The van der Waals surface area contributed by atoms with Gasteiger partial charge in [-0.1, -0.05) is 6.07 Å². The van der Waals surface area contributed by atoms with Crippen LogP contribution >= 0.6 is 0 Å². The number of aryl methyl sites for hydroxylation is 1. The largest absolute Gasteiger partial charge is 0.373 e. The summed E-state index contributed by atoms with van der Waals surface area (Å²) in [5, 5.41) is 0. The fourth-order valence-electron chi connectivity index (χ4n) is 3.62. The van der Waals surface area contributed by atoms with Crippen molar-refractivity contribution in [3.8, 4) is 0 Å². The molecule has 0 aromatic carbocycles. The van der Waals surface area contributed by atoms with Crippen molar-refractivity contribution in [2.45, 2.75) is 38.1 Å². The molecule has 2 aliphatic rings. The molecule has 1 amide bonds. The lowest BCUT2D eigenvalue weighted by molar-refractivity contribution is -0.188. The van der Waals surface area contributed by atoms with E-state index in [0.29, 0.717) is 32.0 Å². The van der Waals surface area contributed by atoms with Gasteiger partial charge in [0, 0.05) is 37.8 Å². The molecule has 7 heteroatoms. The number of rotatable bonds is 4. The summed E-state index contributed by atoms with van der Waals surface area (Å²) < 4.78 is 12.1. The first kappa shape index (κ1) is 17.1. The Morgan fingerprint density at radius 2 is 2.19 bits per heavy atom. The quantitative estimate of drug-likeness (QED) is 0.833. The third-order valence-electron chi connectivity index (χ3n) is 4.89. The van der Waals surface area contributed by atoms with Gasteiger partial charge in [-0.3, -0.25) is 14.8 Å². The Bertz CT molecular complexity index is 777. The summed E-state index contributed by atoms with van der Waals surface area (Å²) in [6.45, 7) is 4.39. The van der Waals surface area contributed by atoms with Crippen molar-refractivity contribution in [3.63, 3.8) is 0 Å². The third kappa shape index (κ3) is 3.59. The summed E-state index contributed by atoms with van der Waals surface area (Å²) in [6, 6.07) is 2.09. The molecule has 26 heavy (non-hydrogen) atoms. The smallest absolute Gasteiger partial charge is 0.274 e. The van der Waals surface area contributed by atoms with E-state index in [9.17, 15) is 4.79 Å². The Kier molecular flexibility index (Phi) is 4.65. The lowest BCUT2D eigenvalue weighted by atomic mass is 9.84. The summed E-state index contributed by atoms with van der Waals surface area (Å²) in [4.78, 5) is 26.4. The standard InChI is InChI=1S/C19H22N4O3/c1-14-6-15(9-21-8-14)11-25-16-2-5-26-19(7-16)12-23(13-19)18(24)17-10-20-3-4-22-17/h3-4,6,8-10,16H,2,5,7,11-13H2,1H3/t16-/m0/s1. The van der Waals surface area contributed by atoms with Gasteiger partial charge in [0.25, 0.3) is 5.91 Å². The molecule has 0 aliphatic carbocycles. The average molecular weight is 354 g/mol. The minimum atomic E-state index is -0.286. The summed E-state index contributed by atoms with van der Waals surface area (Å²) >= 11 is 0. The molecule has 0 radical (unpaired) electrons. The van der Waals surface area contributed by atoms with Crippen molar-refractivity contribution >= 4 is 5.91 Å². The zero-order valence-corrected chi connectivity index (χ0v) is 14.8. The maximum absolute atomic E-state index is 12.4. The molecule has 1 atom stereocenters.